The van der Waals surface area contributed by atoms with Gasteiger partial charge in [-0.3, -0.25) is 0 Å². The first-order chi connectivity index (χ1) is 29.1. The molecule has 0 bridgehead atoms. The predicted octanol–water partition coefficient (Wildman–Crippen LogP) is 13.2. The van der Waals surface area contributed by atoms with Crippen LogP contribution < -0.4 is 31.2 Å². The lowest BCUT2D eigenvalue weighted by Crippen LogP contribution is -2.59. The maximum Gasteiger partial charge on any atom is 0.276 e. The Bertz CT molecular complexity index is 3080. The van der Waals surface area contributed by atoms with Crippen molar-refractivity contribution < 1.29 is 0 Å². The SMILES string of the molecule is Cc1cc(N(c2ccc(C(C)C)c(C)c2)c2cc3c4c5c2-n2c6c(c7ccccc72)N(c2ccccc2)c2cccc(c2B56)N4c2ccccc2S3(C)C)ccc1C(C)C. The molecule has 7 aromatic carbocycles. The van der Waals surface area contributed by atoms with E-state index in [1.54, 1.807) is 0 Å². The third kappa shape index (κ3) is 4.55. The Kier molecular flexibility index (Phi) is 7.44. The van der Waals surface area contributed by atoms with E-state index in [-0.39, 0.29) is 6.71 Å². The molecule has 0 N–H and O–H groups in total. The Morgan fingerprint density at radius 2 is 1.13 bits per heavy atom. The van der Waals surface area contributed by atoms with Crippen molar-refractivity contribution >= 4 is 95.3 Å². The number of fused-ring (bicyclic) bond motifs is 7. The minimum absolute atomic E-state index is 0.0657. The first-order valence-corrected chi connectivity index (χ1v) is 24.0. The molecule has 294 valence electrons. The van der Waals surface area contributed by atoms with Gasteiger partial charge in [-0.15, -0.1) is 0 Å². The number of benzene rings is 7. The minimum atomic E-state index is -1.47. The molecule has 0 amide bonds. The molecule has 0 aliphatic carbocycles. The number of hydrogen-bond donors (Lipinski definition) is 0. The van der Waals surface area contributed by atoms with Crippen molar-refractivity contribution in [1.29, 1.82) is 0 Å². The largest absolute Gasteiger partial charge is 0.318 e. The Morgan fingerprint density at radius 3 is 1.80 bits per heavy atom. The molecule has 60 heavy (non-hydrogen) atoms. The Morgan fingerprint density at radius 1 is 0.533 bits per heavy atom. The number of anilines is 9. The van der Waals surface area contributed by atoms with Gasteiger partial charge in [0.15, 0.2) is 0 Å². The summed E-state index contributed by atoms with van der Waals surface area (Å²) in [5.41, 5.74) is 23.5. The third-order valence-corrected chi connectivity index (χ3v) is 16.8. The lowest BCUT2D eigenvalue weighted by atomic mass is 9.36. The summed E-state index contributed by atoms with van der Waals surface area (Å²) in [4.78, 5) is 10.7. The van der Waals surface area contributed by atoms with Crippen molar-refractivity contribution in [2.45, 2.75) is 63.2 Å². The minimum Gasteiger partial charge on any atom is -0.318 e. The molecular formula is C54H49BN4S. The lowest BCUT2D eigenvalue weighted by Gasteiger charge is -2.50. The van der Waals surface area contributed by atoms with Gasteiger partial charge in [0.1, 0.15) is 0 Å². The third-order valence-electron chi connectivity index (χ3n) is 13.9. The molecule has 0 saturated carbocycles. The Balaban J connectivity index is 1.27. The number of aromatic nitrogens is 1. The highest BCUT2D eigenvalue weighted by Crippen LogP contribution is 2.69. The summed E-state index contributed by atoms with van der Waals surface area (Å²) < 4.78 is 2.68. The van der Waals surface area contributed by atoms with Crippen LogP contribution >= 0.6 is 10.0 Å². The molecule has 1 aromatic heterocycles. The normalized spacial score (nSPS) is 15.2. The maximum atomic E-state index is 2.68. The van der Waals surface area contributed by atoms with Gasteiger partial charge in [-0.25, -0.2) is 0 Å². The first kappa shape index (κ1) is 35.8. The van der Waals surface area contributed by atoms with Crippen LogP contribution in [-0.2, 0) is 0 Å². The molecule has 0 spiro atoms. The van der Waals surface area contributed by atoms with Crippen LogP contribution in [0, 0.1) is 13.8 Å². The molecule has 0 fully saturated rings. The van der Waals surface area contributed by atoms with Gasteiger partial charge in [-0.2, -0.15) is 10.0 Å². The molecular weight excluding hydrogens is 748 g/mol. The molecule has 0 radical (unpaired) electrons. The van der Waals surface area contributed by atoms with Gasteiger partial charge < -0.3 is 19.3 Å². The van der Waals surface area contributed by atoms with Crippen LogP contribution in [0.1, 0.15) is 61.8 Å². The molecule has 6 heteroatoms. The maximum absolute atomic E-state index is 2.68. The monoisotopic (exact) mass is 796 g/mol. The highest BCUT2D eigenvalue weighted by Gasteiger charge is 2.55. The van der Waals surface area contributed by atoms with E-state index >= 15 is 0 Å². The molecule has 4 aliphatic rings. The second-order valence-corrected chi connectivity index (χ2v) is 21.8. The van der Waals surface area contributed by atoms with Crippen LogP contribution in [0.25, 0.3) is 16.6 Å². The van der Waals surface area contributed by atoms with Crippen molar-refractivity contribution in [3.63, 3.8) is 0 Å². The van der Waals surface area contributed by atoms with E-state index in [1.165, 1.54) is 116 Å². The van der Waals surface area contributed by atoms with Crippen molar-refractivity contribution in [2.24, 2.45) is 0 Å². The molecule has 0 unspecified atom stereocenters. The standard InChI is InChI=1S/C54H49BN4S/c1-32(2)39-27-25-37(29-34(39)5)56(38-26-28-40(33(3)4)35(6)30-38)46-31-48-53-50-52(46)59-42-20-13-12-19-41(42)51-54(59)55(50)49-44(57(51)36-17-10-9-11-18-36)22-16-23-45(49)58(53)43-21-14-15-24-47(43)60(48,7)8/h9-33H,1-8H3. The number of hydrogen-bond acceptors (Lipinski definition) is 3. The quantitative estimate of drug-likeness (QED) is 0.156. The van der Waals surface area contributed by atoms with Gasteiger partial charge in [0.05, 0.1) is 34.0 Å². The molecule has 8 aromatic rings. The average Bonchev–Trinajstić information content (AvgIpc) is 3.77. The molecule has 5 heterocycles. The summed E-state index contributed by atoms with van der Waals surface area (Å²) in [5, 5.41) is 1.28. The van der Waals surface area contributed by atoms with Gasteiger partial charge in [0, 0.05) is 49.2 Å². The molecule has 12 rings (SSSR count). The van der Waals surface area contributed by atoms with Gasteiger partial charge in [0.25, 0.3) is 6.71 Å². The van der Waals surface area contributed by atoms with Crippen molar-refractivity contribution in [3.05, 3.63) is 162 Å². The van der Waals surface area contributed by atoms with Crippen LogP contribution in [0.3, 0.4) is 0 Å². The van der Waals surface area contributed by atoms with Crippen LogP contribution in [0.4, 0.5) is 51.2 Å². The fourth-order valence-electron chi connectivity index (χ4n) is 11.4. The zero-order valence-electron chi connectivity index (χ0n) is 35.7. The lowest BCUT2D eigenvalue weighted by molar-refractivity contribution is 0.855. The summed E-state index contributed by atoms with van der Waals surface area (Å²) in [6.07, 6.45) is 5.05. The predicted molar refractivity (Wildman–Crippen MR) is 259 cm³/mol. The summed E-state index contributed by atoms with van der Waals surface area (Å²) in [7, 11) is -1.47. The van der Waals surface area contributed by atoms with E-state index in [0.29, 0.717) is 11.8 Å². The summed E-state index contributed by atoms with van der Waals surface area (Å²) in [6.45, 7) is 13.9. The van der Waals surface area contributed by atoms with E-state index in [4.69, 9.17) is 0 Å². The van der Waals surface area contributed by atoms with E-state index in [1.807, 2.05) is 0 Å². The molecule has 4 nitrogen and oxygen atoms in total. The first-order valence-electron chi connectivity index (χ1n) is 21.5. The van der Waals surface area contributed by atoms with Crippen molar-refractivity contribution in [1.82, 2.24) is 4.57 Å². The van der Waals surface area contributed by atoms with Gasteiger partial charge in [-0.05, 0) is 144 Å². The van der Waals surface area contributed by atoms with Crippen molar-refractivity contribution in [3.8, 4) is 5.69 Å². The second-order valence-electron chi connectivity index (χ2n) is 18.3. The second kappa shape index (κ2) is 12.5. The smallest absolute Gasteiger partial charge is 0.276 e. The zero-order valence-corrected chi connectivity index (χ0v) is 36.5. The van der Waals surface area contributed by atoms with Crippen LogP contribution in [0.2, 0.25) is 0 Å². The summed E-state index contributed by atoms with van der Waals surface area (Å²) >= 11 is 0. The number of aryl methyl sites for hydroxylation is 2. The van der Waals surface area contributed by atoms with E-state index in [2.05, 4.69) is 213 Å². The number of nitrogens with zero attached hydrogens (tertiary/aromatic N) is 4. The fourth-order valence-corrected chi connectivity index (χ4v) is 13.8. The van der Waals surface area contributed by atoms with Crippen molar-refractivity contribution in [2.75, 3.05) is 27.2 Å². The van der Waals surface area contributed by atoms with Gasteiger partial charge in [-0.1, -0.05) is 94.4 Å². The summed E-state index contributed by atoms with van der Waals surface area (Å²) in [6, 6.07) is 53.4. The molecule has 0 atom stereocenters. The molecule has 0 saturated heterocycles. The van der Waals surface area contributed by atoms with Gasteiger partial charge in [0.2, 0.25) is 0 Å². The van der Waals surface area contributed by atoms with E-state index in [9.17, 15) is 0 Å². The fraction of sp³-hybridized carbons (Fsp3) is 0.185. The highest BCUT2D eigenvalue weighted by atomic mass is 32.3. The molecule has 4 aliphatic heterocycles. The van der Waals surface area contributed by atoms with Crippen LogP contribution in [-0.4, -0.2) is 23.8 Å². The van der Waals surface area contributed by atoms with Gasteiger partial charge >= 0.3 is 0 Å². The van der Waals surface area contributed by atoms with Crippen LogP contribution in [0.5, 0.6) is 0 Å². The summed E-state index contributed by atoms with van der Waals surface area (Å²) in [5.74, 6) is 0.885. The topological polar surface area (TPSA) is 14.7 Å². The van der Waals surface area contributed by atoms with E-state index < -0.39 is 10.0 Å². The Labute approximate surface area is 356 Å². The Hall–Kier alpha value is -6.11. The highest BCUT2D eigenvalue weighted by molar-refractivity contribution is 8.33. The van der Waals surface area contributed by atoms with Crippen LogP contribution in [0.15, 0.2) is 149 Å². The zero-order chi connectivity index (χ0) is 40.9. The number of rotatable bonds is 6. The average molecular weight is 797 g/mol. The van der Waals surface area contributed by atoms with E-state index in [0.717, 1.165) is 0 Å². The number of para-hydroxylation sites is 3.